The molecule has 0 spiro atoms. The van der Waals surface area contributed by atoms with Gasteiger partial charge in [0.2, 0.25) is 0 Å². The minimum Gasteiger partial charge on any atom is -0.337 e. The van der Waals surface area contributed by atoms with E-state index in [2.05, 4.69) is 150 Å². The molecule has 2 nitrogen and oxygen atoms in total. The molecule has 1 aliphatic heterocycles. The average molecular weight is 503 g/mol. The van der Waals surface area contributed by atoms with E-state index in [0.29, 0.717) is 6.04 Å². The van der Waals surface area contributed by atoms with E-state index in [1.54, 1.807) is 0 Å². The Hall–Kier alpha value is -4.56. The Labute approximate surface area is 229 Å². The maximum atomic E-state index is 2.61. The normalized spacial score (nSPS) is 21.7. The Morgan fingerprint density at radius 2 is 1.46 bits per heavy atom. The van der Waals surface area contributed by atoms with Gasteiger partial charge < -0.3 is 9.47 Å². The predicted molar refractivity (Wildman–Crippen MR) is 164 cm³/mol. The molecule has 1 aromatic heterocycles. The minimum absolute atomic E-state index is 0.00442. The molecular formula is C37H30N2. The molecule has 2 heteroatoms. The fourth-order valence-corrected chi connectivity index (χ4v) is 7.03. The molecule has 5 aromatic rings. The maximum absolute atomic E-state index is 2.61. The van der Waals surface area contributed by atoms with Crippen molar-refractivity contribution in [1.82, 2.24) is 4.57 Å². The molecule has 0 saturated carbocycles. The van der Waals surface area contributed by atoms with Crippen LogP contribution in [0.25, 0.3) is 38.6 Å². The zero-order valence-electron chi connectivity index (χ0n) is 22.1. The molecule has 2 aliphatic carbocycles. The van der Waals surface area contributed by atoms with Gasteiger partial charge in [-0.05, 0) is 72.9 Å². The molecule has 188 valence electrons. The van der Waals surface area contributed by atoms with Crippen LogP contribution in [0.4, 0.5) is 5.69 Å². The van der Waals surface area contributed by atoms with Crippen LogP contribution in [0.15, 0.2) is 145 Å². The first-order chi connectivity index (χ1) is 19.2. The number of para-hydroxylation sites is 1. The van der Waals surface area contributed by atoms with Gasteiger partial charge in [-0.3, -0.25) is 0 Å². The van der Waals surface area contributed by atoms with Gasteiger partial charge in [-0.2, -0.15) is 0 Å². The smallest absolute Gasteiger partial charge is 0.0651 e. The fourth-order valence-electron chi connectivity index (χ4n) is 7.03. The van der Waals surface area contributed by atoms with Gasteiger partial charge in [0.15, 0.2) is 0 Å². The summed E-state index contributed by atoms with van der Waals surface area (Å²) in [5, 5.41) is 2.59. The van der Waals surface area contributed by atoms with E-state index < -0.39 is 0 Å². The molecule has 0 fully saturated rings. The average Bonchev–Trinajstić information content (AvgIpc) is 3.47. The number of aromatic nitrogens is 1. The third-order valence-electron chi connectivity index (χ3n) is 8.92. The molecule has 0 amide bonds. The fraction of sp³-hybridized carbons (Fsp3) is 0.135. The molecule has 8 rings (SSSR count). The van der Waals surface area contributed by atoms with Gasteiger partial charge in [0.05, 0.1) is 17.1 Å². The summed E-state index contributed by atoms with van der Waals surface area (Å²) in [6.45, 7) is 2.40. The summed E-state index contributed by atoms with van der Waals surface area (Å²) in [5.74, 6) is 0. The molecule has 0 N–H and O–H groups in total. The van der Waals surface area contributed by atoms with Crippen molar-refractivity contribution in [2.75, 3.05) is 4.90 Å². The number of anilines is 1. The SMILES string of the molecule is C[C@]12C=CC=CC1N(c1ccc3c(c1)c1ccccc1n3-c1ccc(-c3ccccc3)cc1)C1=C2C=CCC1. The number of allylic oxidation sites excluding steroid dienone is 5. The second-order valence-electron chi connectivity index (χ2n) is 11.1. The first-order valence-corrected chi connectivity index (χ1v) is 14.0. The van der Waals surface area contributed by atoms with Gasteiger partial charge in [0.25, 0.3) is 0 Å². The number of hydrogen-bond donors (Lipinski definition) is 0. The van der Waals surface area contributed by atoms with E-state index in [-0.39, 0.29) is 5.41 Å². The molecule has 2 atom stereocenters. The van der Waals surface area contributed by atoms with Crippen molar-refractivity contribution in [3.8, 4) is 16.8 Å². The second-order valence-corrected chi connectivity index (χ2v) is 11.1. The van der Waals surface area contributed by atoms with E-state index in [1.165, 1.54) is 55.6 Å². The summed E-state index contributed by atoms with van der Waals surface area (Å²) in [7, 11) is 0. The van der Waals surface area contributed by atoms with Gasteiger partial charge in [0, 0.05) is 33.3 Å². The topological polar surface area (TPSA) is 8.17 Å². The number of fused-ring (bicyclic) bond motifs is 5. The molecule has 2 heterocycles. The zero-order valence-corrected chi connectivity index (χ0v) is 22.1. The molecule has 39 heavy (non-hydrogen) atoms. The van der Waals surface area contributed by atoms with Gasteiger partial charge >= 0.3 is 0 Å². The van der Waals surface area contributed by atoms with Crippen LogP contribution in [0.1, 0.15) is 19.8 Å². The lowest BCUT2D eigenvalue weighted by molar-refractivity contribution is 0.484. The Morgan fingerprint density at radius 1 is 0.718 bits per heavy atom. The Kier molecular flexibility index (Phi) is 4.87. The molecular weight excluding hydrogens is 472 g/mol. The molecule has 4 aromatic carbocycles. The lowest BCUT2D eigenvalue weighted by Gasteiger charge is -2.36. The Balaban J connectivity index is 1.29. The van der Waals surface area contributed by atoms with Gasteiger partial charge in [-0.25, -0.2) is 0 Å². The largest absolute Gasteiger partial charge is 0.337 e. The summed E-state index contributed by atoms with van der Waals surface area (Å²) in [6.07, 6.45) is 16.1. The quantitative estimate of drug-likeness (QED) is 0.239. The summed E-state index contributed by atoms with van der Waals surface area (Å²) >= 11 is 0. The third kappa shape index (κ3) is 3.28. The molecule has 0 bridgehead atoms. The van der Waals surface area contributed by atoms with E-state index in [1.807, 2.05) is 0 Å². The van der Waals surface area contributed by atoms with Crippen molar-refractivity contribution in [3.05, 3.63) is 145 Å². The van der Waals surface area contributed by atoms with Crippen molar-refractivity contribution in [2.24, 2.45) is 5.41 Å². The first-order valence-electron chi connectivity index (χ1n) is 14.0. The van der Waals surface area contributed by atoms with Crippen LogP contribution < -0.4 is 4.90 Å². The highest BCUT2D eigenvalue weighted by molar-refractivity contribution is 6.10. The molecule has 0 radical (unpaired) electrons. The van der Waals surface area contributed by atoms with Crippen molar-refractivity contribution in [3.63, 3.8) is 0 Å². The van der Waals surface area contributed by atoms with Crippen molar-refractivity contribution in [2.45, 2.75) is 25.8 Å². The maximum Gasteiger partial charge on any atom is 0.0651 e. The third-order valence-corrected chi connectivity index (χ3v) is 8.92. The van der Waals surface area contributed by atoms with Crippen LogP contribution in [0.2, 0.25) is 0 Å². The van der Waals surface area contributed by atoms with E-state index in [4.69, 9.17) is 0 Å². The lowest BCUT2D eigenvalue weighted by Crippen LogP contribution is -2.38. The summed E-state index contributed by atoms with van der Waals surface area (Å²) in [6, 6.07) is 35.8. The number of nitrogens with zero attached hydrogens (tertiary/aromatic N) is 2. The highest BCUT2D eigenvalue weighted by atomic mass is 15.2. The Bertz CT molecular complexity index is 1860. The van der Waals surface area contributed by atoms with Gasteiger partial charge in [-0.1, -0.05) is 97.1 Å². The monoisotopic (exact) mass is 502 g/mol. The van der Waals surface area contributed by atoms with Crippen LogP contribution in [-0.4, -0.2) is 10.6 Å². The van der Waals surface area contributed by atoms with E-state index in [9.17, 15) is 0 Å². The number of benzene rings is 4. The summed E-state index contributed by atoms with van der Waals surface area (Å²) in [5.41, 5.74) is 10.4. The second kappa shape index (κ2) is 8.47. The lowest BCUT2D eigenvalue weighted by atomic mass is 9.74. The summed E-state index contributed by atoms with van der Waals surface area (Å²) in [4.78, 5) is 2.61. The van der Waals surface area contributed by atoms with Crippen LogP contribution in [0.5, 0.6) is 0 Å². The summed E-state index contributed by atoms with van der Waals surface area (Å²) < 4.78 is 2.41. The van der Waals surface area contributed by atoms with Gasteiger partial charge in [0.1, 0.15) is 0 Å². The number of hydrogen-bond acceptors (Lipinski definition) is 1. The molecule has 1 unspecified atom stereocenters. The zero-order chi connectivity index (χ0) is 26.0. The number of rotatable bonds is 3. The van der Waals surface area contributed by atoms with Crippen LogP contribution in [-0.2, 0) is 0 Å². The van der Waals surface area contributed by atoms with Gasteiger partial charge in [-0.15, -0.1) is 0 Å². The van der Waals surface area contributed by atoms with Crippen molar-refractivity contribution < 1.29 is 0 Å². The van der Waals surface area contributed by atoms with Crippen LogP contribution >= 0.6 is 0 Å². The minimum atomic E-state index is 0.00442. The van der Waals surface area contributed by atoms with Crippen molar-refractivity contribution >= 4 is 27.5 Å². The Morgan fingerprint density at radius 3 is 2.33 bits per heavy atom. The first kappa shape index (κ1) is 22.4. The predicted octanol–water partition coefficient (Wildman–Crippen LogP) is 9.38. The van der Waals surface area contributed by atoms with Crippen LogP contribution in [0, 0.1) is 5.41 Å². The van der Waals surface area contributed by atoms with Crippen LogP contribution in [0.3, 0.4) is 0 Å². The molecule has 3 aliphatic rings. The van der Waals surface area contributed by atoms with E-state index >= 15 is 0 Å². The van der Waals surface area contributed by atoms with E-state index in [0.717, 1.165) is 12.8 Å². The van der Waals surface area contributed by atoms with Crippen molar-refractivity contribution in [1.29, 1.82) is 0 Å². The highest BCUT2D eigenvalue weighted by Crippen LogP contribution is 2.52. The highest BCUT2D eigenvalue weighted by Gasteiger charge is 2.47. The standard InChI is InChI=1S/C37H30N2/c1-37-24-10-9-17-36(37)39(35-16-8-6-14-32(35)37)29-22-23-34-31(25-29)30-13-5-7-15-33(30)38(34)28-20-18-27(19-21-28)26-11-3-2-4-12-26/h2-7,9-15,17-25,36H,8,16H2,1H3/t36?,37-/m1/s1. The molecule has 0 saturated heterocycles.